The van der Waals surface area contributed by atoms with Crippen molar-refractivity contribution in [3.63, 3.8) is 0 Å². The molecule has 0 radical (unpaired) electrons. The Morgan fingerprint density at radius 3 is 1.39 bits per heavy atom. The SMILES string of the molecule is c1ccc(Cn2cccc2-c2nc(Nc3ccc(-c4ccccc4)cc3)nc(Nc3ccc(-c4ccccc4)cc3)n2)cc1. The lowest BCUT2D eigenvalue weighted by Gasteiger charge is -2.13. The first-order valence-corrected chi connectivity index (χ1v) is 14.6. The van der Waals surface area contributed by atoms with Crippen LogP contribution in [0.5, 0.6) is 0 Å². The molecule has 2 heterocycles. The molecule has 0 amide bonds. The van der Waals surface area contributed by atoms with Crippen molar-refractivity contribution in [2.45, 2.75) is 6.54 Å². The molecule has 0 unspecified atom stereocenters. The van der Waals surface area contributed by atoms with E-state index in [0.717, 1.165) is 28.2 Å². The summed E-state index contributed by atoms with van der Waals surface area (Å²) in [6.07, 6.45) is 2.05. The molecule has 7 rings (SSSR count). The van der Waals surface area contributed by atoms with E-state index >= 15 is 0 Å². The van der Waals surface area contributed by atoms with Crippen molar-refractivity contribution in [2.75, 3.05) is 10.6 Å². The summed E-state index contributed by atoms with van der Waals surface area (Å²) in [6.45, 7) is 0.711. The summed E-state index contributed by atoms with van der Waals surface area (Å²) in [7, 11) is 0. The van der Waals surface area contributed by atoms with Crippen LogP contribution < -0.4 is 10.6 Å². The van der Waals surface area contributed by atoms with Crippen LogP contribution in [0.4, 0.5) is 23.3 Å². The van der Waals surface area contributed by atoms with Crippen molar-refractivity contribution >= 4 is 23.3 Å². The van der Waals surface area contributed by atoms with Gasteiger partial charge in [0.1, 0.15) is 0 Å². The summed E-state index contributed by atoms with van der Waals surface area (Å²) in [5, 5.41) is 6.80. The molecule has 6 nitrogen and oxygen atoms in total. The summed E-state index contributed by atoms with van der Waals surface area (Å²) in [6, 6.07) is 51.6. The fourth-order valence-electron chi connectivity index (χ4n) is 5.15. The fourth-order valence-corrected chi connectivity index (χ4v) is 5.15. The smallest absolute Gasteiger partial charge is 0.232 e. The van der Waals surface area contributed by atoms with Gasteiger partial charge in [0, 0.05) is 24.1 Å². The number of nitrogens with zero attached hydrogens (tertiary/aromatic N) is 4. The van der Waals surface area contributed by atoms with Gasteiger partial charge < -0.3 is 15.2 Å². The highest BCUT2D eigenvalue weighted by Gasteiger charge is 2.14. The van der Waals surface area contributed by atoms with Crippen LogP contribution in [0.2, 0.25) is 0 Å². The molecule has 2 aromatic heterocycles. The zero-order valence-electron chi connectivity index (χ0n) is 24.0. The number of aromatic nitrogens is 4. The predicted molar refractivity (Wildman–Crippen MR) is 179 cm³/mol. The zero-order valence-corrected chi connectivity index (χ0v) is 24.0. The van der Waals surface area contributed by atoms with Crippen LogP contribution in [0, 0.1) is 0 Å². The molecule has 0 aliphatic rings. The van der Waals surface area contributed by atoms with E-state index in [1.54, 1.807) is 0 Å². The van der Waals surface area contributed by atoms with Gasteiger partial charge >= 0.3 is 0 Å². The zero-order chi connectivity index (χ0) is 29.6. The predicted octanol–water partition coefficient (Wildman–Crippen LogP) is 9.21. The maximum atomic E-state index is 4.86. The van der Waals surface area contributed by atoms with Crippen molar-refractivity contribution < 1.29 is 0 Å². The van der Waals surface area contributed by atoms with Gasteiger partial charge in [-0.05, 0) is 64.2 Å². The number of benzene rings is 5. The highest BCUT2D eigenvalue weighted by atomic mass is 15.2. The first kappa shape index (κ1) is 26.9. The lowest BCUT2D eigenvalue weighted by Crippen LogP contribution is -2.08. The van der Waals surface area contributed by atoms with Crippen LogP contribution in [-0.2, 0) is 6.54 Å². The largest absolute Gasteiger partial charge is 0.341 e. The average molecular weight is 571 g/mol. The van der Waals surface area contributed by atoms with E-state index in [1.165, 1.54) is 16.7 Å². The Morgan fingerprint density at radius 1 is 0.432 bits per heavy atom. The molecule has 0 saturated heterocycles. The minimum absolute atomic E-state index is 0.457. The van der Waals surface area contributed by atoms with E-state index in [0.29, 0.717) is 24.3 Å². The van der Waals surface area contributed by atoms with Gasteiger partial charge in [0.15, 0.2) is 5.82 Å². The summed E-state index contributed by atoms with van der Waals surface area (Å²) >= 11 is 0. The monoisotopic (exact) mass is 570 g/mol. The van der Waals surface area contributed by atoms with Crippen LogP contribution in [0.1, 0.15) is 5.56 Å². The van der Waals surface area contributed by atoms with E-state index in [4.69, 9.17) is 15.0 Å². The van der Waals surface area contributed by atoms with Crippen LogP contribution in [0.25, 0.3) is 33.8 Å². The average Bonchev–Trinajstić information content (AvgIpc) is 3.55. The molecule has 0 spiro atoms. The highest BCUT2D eigenvalue weighted by Crippen LogP contribution is 2.27. The van der Waals surface area contributed by atoms with Crippen molar-refractivity contribution in [3.05, 3.63) is 163 Å². The normalized spacial score (nSPS) is 10.8. The Kier molecular flexibility index (Phi) is 7.61. The number of hydrogen-bond donors (Lipinski definition) is 2. The topological polar surface area (TPSA) is 67.7 Å². The third-order valence-corrected chi connectivity index (χ3v) is 7.39. The van der Waals surface area contributed by atoms with E-state index < -0.39 is 0 Å². The van der Waals surface area contributed by atoms with E-state index in [9.17, 15) is 0 Å². The van der Waals surface area contributed by atoms with Gasteiger partial charge in [-0.2, -0.15) is 15.0 Å². The third kappa shape index (κ3) is 6.25. The van der Waals surface area contributed by atoms with Crippen LogP contribution in [-0.4, -0.2) is 19.5 Å². The van der Waals surface area contributed by atoms with Crippen molar-refractivity contribution in [2.24, 2.45) is 0 Å². The van der Waals surface area contributed by atoms with Gasteiger partial charge in [-0.1, -0.05) is 115 Å². The molecule has 0 atom stereocenters. The molecule has 7 aromatic rings. The molecule has 0 aliphatic carbocycles. The van der Waals surface area contributed by atoms with Gasteiger partial charge in [0.2, 0.25) is 11.9 Å². The van der Waals surface area contributed by atoms with Crippen molar-refractivity contribution in [3.8, 4) is 33.8 Å². The minimum Gasteiger partial charge on any atom is -0.341 e. The quantitative estimate of drug-likeness (QED) is 0.181. The second-order valence-corrected chi connectivity index (χ2v) is 10.4. The summed E-state index contributed by atoms with van der Waals surface area (Å²) < 4.78 is 2.15. The van der Waals surface area contributed by atoms with Crippen molar-refractivity contribution in [1.29, 1.82) is 0 Å². The molecule has 0 saturated carbocycles. The molecule has 0 bridgehead atoms. The molecule has 212 valence electrons. The van der Waals surface area contributed by atoms with Gasteiger partial charge in [0.25, 0.3) is 0 Å². The maximum Gasteiger partial charge on any atom is 0.232 e. The third-order valence-electron chi connectivity index (χ3n) is 7.39. The Labute approximate surface area is 256 Å². The molecule has 2 N–H and O–H groups in total. The number of hydrogen-bond acceptors (Lipinski definition) is 5. The maximum absolute atomic E-state index is 4.86. The Bertz CT molecular complexity index is 1850. The summed E-state index contributed by atoms with van der Waals surface area (Å²) in [4.78, 5) is 14.5. The number of anilines is 4. The highest BCUT2D eigenvalue weighted by molar-refractivity contribution is 5.69. The second kappa shape index (κ2) is 12.5. The van der Waals surface area contributed by atoms with Gasteiger partial charge in [-0.15, -0.1) is 0 Å². The summed E-state index contributed by atoms with van der Waals surface area (Å²) in [5.74, 6) is 1.49. The van der Waals surface area contributed by atoms with Crippen LogP contribution in [0.15, 0.2) is 158 Å². The van der Waals surface area contributed by atoms with Gasteiger partial charge in [0.05, 0.1) is 5.69 Å². The molecular formula is C38H30N6. The van der Waals surface area contributed by atoms with E-state index in [1.807, 2.05) is 78.9 Å². The Hall–Kier alpha value is -6.01. The Morgan fingerprint density at radius 2 is 0.886 bits per heavy atom. The molecule has 5 aromatic carbocycles. The number of nitrogens with one attached hydrogen (secondary N) is 2. The van der Waals surface area contributed by atoms with Crippen LogP contribution in [0.3, 0.4) is 0 Å². The first-order valence-electron chi connectivity index (χ1n) is 14.6. The standard InChI is InChI=1S/C38H30N6/c1-4-11-28(12-5-1)27-44-26-10-17-35(44)36-41-37(39-33-22-18-31(19-23-33)29-13-6-2-7-14-29)43-38(42-36)40-34-24-20-32(21-25-34)30-15-8-3-9-16-30/h1-26H,27H2,(H2,39,40,41,42,43). The first-order chi connectivity index (χ1) is 21.8. The van der Waals surface area contributed by atoms with Gasteiger partial charge in [-0.25, -0.2) is 0 Å². The molecule has 6 heteroatoms. The molecule has 0 fully saturated rings. The lowest BCUT2D eigenvalue weighted by atomic mass is 10.1. The minimum atomic E-state index is 0.457. The molecule has 0 aliphatic heterocycles. The van der Waals surface area contributed by atoms with Crippen molar-refractivity contribution in [1.82, 2.24) is 19.5 Å². The molecule has 44 heavy (non-hydrogen) atoms. The second-order valence-electron chi connectivity index (χ2n) is 10.4. The lowest BCUT2D eigenvalue weighted by molar-refractivity contribution is 0.806. The van der Waals surface area contributed by atoms with E-state index in [-0.39, 0.29) is 0 Å². The van der Waals surface area contributed by atoms with Gasteiger partial charge in [-0.3, -0.25) is 0 Å². The fraction of sp³-hybridized carbons (Fsp3) is 0.0263. The number of rotatable bonds is 9. The van der Waals surface area contributed by atoms with Crippen LogP contribution >= 0.6 is 0 Å². The Balaban J connectivity index is 1.20. The summed E-state index contributed by atoms with van der Waals surface area (Å²) in [5.41, 5.74) is 8.52. The molecular weight excluding hydrogens is 540 g/mol. The van der Waals surface area contributed by atoms with E-state index in [2.05, 4.69) is 94.2 Å².